The molecule has 0 bridgehead atoms. The van der Waals surface area contributed by atoms with Gasteiger partial charge in [-0.05, 0) is 294 Å². The minimum Gasteiger partial charge on any atom is -0.478 e. The number of fused-ring (bicyclic) bond motifs is 6. The van der Waals surface area contributed by atoms with Gasteiger partial charge in [-0.2, -0.15) is 0 Å². The number of esters is 3. The lowest BCUT2D eigenvalue weighted by Crippen LogP contribution is -2.06. The number of nitrogens with one attached hydrogen (secondary N) is 1. The van der Waals surface area contributed by atoms with Gasteiger partial charge in [-0.25, -0.2) is 24.0 Å². The van der Waals surface area contributed by atoms with Crippen LogP contribution in [-0.2, 0) is 43.6 Å². The molecule has 15 aromatic rings. The summed E-state index contributed by atoms with van der Waals surface area (Å²) in [5.74, 6) is -2.66. The average Bonchev–Trinajstić information content (AvgIpc) is 0.832. The summed E-state index contributed by atoms with van der Waals surface area (Å²) in [5, 5.41) is 37.6. The van der Waals surface area contributed by atoms with Crippen LogP contribution in [0.5, 0.6) is 0 Å². The van der Waals surface area contributed by atoms with E-state index in [4.69, 9.17) is 41.1 Å². The summed E-state index contributed by atoms with van der Waals surface area (Å²) in [6.07, 6.45) is 2.59. The van der Waals surface area contributed by atoms with Gasteiger partial charge in [0.25, 0.3) is 5.24 Å². The van der Waals surface area contributed by atoms with E-state index in [1.807, 2.05) is 251 Å². The minimum absolute atomic E-state index is 0. The van der Waals surface area contributed by atoms with Crippen LogP contribution in [-0.4, -0.2) is 81.6 Å². The topological polar surface area (TPSA) is 237 Å². The molecule has 0 saturated heterocycles. The Morgan fingerprint density at radius 2 is 0.585 bits per heavy atom. The number of aryl methyl sites for hydroxylation is 2. The highest BCUT2D eigenvalue weighted by atomic mass is 127. The van der Waals surface area contributed by atoms with E-state index < -0.39 is 27.7 Å². The Morgan fingerprint density at radius 3 is 0.862 bits per heavy atom. The fourth-order valence-electron chi connectivity index (χ4n) is 11.1. The van der Waals surface area contributed by atoms with Crippen molar-refractivity contribution in [2.75, 3.05) is 20.7 Å². The molecular formula is C101H98Br3Cl3INO14. The molecular weight excluding hydrogens is 1920 g/mol. The van der Waals surface area contributed by atoms with Gasteiger partial charge in [-0.15, -0.1) is 0 Å². The van der Waals surface area contributed by atoms with E-state index in [9.17, 15) is 38.4 Å². The molecule has 15 aromatic carbocycles. The number of aliphatic hydroxyl groups is 1. The smallest absolute Gasteiger partial charge is 0.338 e. The maximum atomic E-state index is 12.1. The van der Waals surface area contributed by atoms with Gasteiger partial charge >= 0.3 is 40.3 Å². The molecule has 0 saturated carbocycles. The summed E-state index contributed by atoms with van der Waals surface area (Å²) >= 11 is 26.8. The first-order chi connectivity index (χ1) is 57.2. The van der Waals surface area contributed by atoms with Gasteiger partial charge in [-0.1, -0.05) is 290 Å². The average molecular weight is 2020 g/mol. The fourth-order valence-corrected chi connectivity index (χ4v) is 12.9. The largest absolute Gasteiger partial charge is 0.478 e. The maximum absolute atomic E-state index is 12.1. The molecule has 123 heavy (non-hydrogen) atoms. The molecule has 0 aliphatic carbocycles. The Bertz CT molecular complexity index is 5420. The molecule has 640 valence electrons. The Balaban J connectivity index is 0.000000370. The summed E-state index contributed by atoms with van der Waals surface area (Å²) in [6.45, 7) is 8.27. The van der Waals surface area contributed by atoms with Crippen LogP contribution in [0.1, 0.15) is 139 Å². The Kier molecular flexibility index (Phi) is 48.5. The second-order valence-electron chi connectivity index (χ2n) is 26.0. The van der Waals surface area contributed by atoms with Gasteiger partial charge in [0.2, 0.25) is 0 Å². The lowest BCUT2D eigenvalue weighted by molar-refractivity contribution is -0.127. The third kappa shape index (κ3) is 36.3. The van der Waals surface area contributed by atoms with Crippen molar-refractivity contribution in [3.8, 4) is 0 Å². The van der Waals surface area contributed by atoms with Gasteiger partial charge in [0.15, 0.2) is 0 Å². The predicted octanol–water partition coefficient (Wildman–Crippen LogP) is 28.1. The summed E-state index contributed by atoms with van der Waals surface area (Å²) in [5.41, 5.74) is 8.19. The first-order valence-corrected chi connectivity index (χ1v) is 41.4. The number of hydrogen-bond acceptors (Lipinski definition) is 13. The van der Waals surface area contributed by atoms with E-state index in [-0.39, 0.29) is 54.2 Å². The number of ether oxygens (including phenoxy) is 3. The zero-order valence-electron chi connectivity index (χ0n) is 65.2. The molecule has 4 N–H and O–H groups in total. The second-order valence-corrected chi connectivity index (χ2v) is 31.1. The first kappa shape index (κ1) is 106. The van der Waals surface area contributed by atoms with Crippen LogP contribution < -0.4 is 5.32 Å². The van der Waals surface area contributed by atoms with Crippen molar-refractivity contribution < 1.29 is 67.9 Å². The number of unbranched alkanes of at least 4 members (excludes halogenated alkanes) is 1. The third-order valence-electron chi connectivity index (χ3n) is 17.2. The number of carboxylic acids is 2. The van der Waals surface area contributed by atoms with Crippen LogP contribution in [0.3, 0.4) is 0 Å². The molecule has 0 atom stereocenters. The number of carbonyl (C=O) groups is 8. The van der Waals surface area contributed by atoms with Crippen molar-refractivity contribution in [2.45, 2.75) is 83.1 Å². The molecule has 0 aliphatic rings. The Labute approximate surface area is 773 Å². The molecule has 0 aromatic heterocycles. The van der Waals surface area contributed by atoms with Crippen molar-refractivity contribution in [2.24, 2.45) is 0 Å². The molecule has 0 amide bonds. The van der Waals surface area contributed by atoms with Gasteiger partial charge in [-0.3, -0.25) is 14.4 Å². The quantitative estimate of drug-likeness (QED) is 0.0176. The number of aliphatic hydroxyl groups excluding tert-OH is 1. The number of halogens is 7. The van der Waals surface area contributed by atoms with Crippen LogP contribution >= 0.6 is 105 Å². The van der Waals surface area contributed by atoms with Crippen LogP contribution in [0.4, 0.5) is 0 Å². The van der Waals surface area contributed by atoms with Gasteiger partial charge < -0.3 is 34.8 Å². The molecule has 0 radical (unpaired) electrons. The lowest BCUT2D eigenvalue weighted by Gasteiger charge is -2.06. The van der Waals surface area contributed by atoms with Crippen molar-refractivity contribution in [1.82, 2.24) is 5.32 Å². The zero-order chi connectivity index (χ0) is 86.3. The Hall–Kier alpha value is -10.8. The van der Waals surface area contributed by atoms with E-state index in [1.54, 1.807) is 42.5 Å². The van der Waals surface area contributed by atoms with Crippen molar-refractivity contribution in [3.05, 3.63) is 388 Å². The summed E-state index contributed by atoms with van der Waals surface area (Å²) < 4.78 is 20.1. The van der Waals surface area contributed by atoms with E-state index in [0.29, 0.717) is 46.6 Å². The van der Waals surface area contributed by atoms with Gasteiger partial charge in [0.1, 0.15) is 19.8 Å². The maximum Gasteiger partial charge on any atom is 0.338 e. The number of benzene rings is 15. The molecule has 0 aliphatic heterocycles. The van der Waals surface area contributed by atoms with Crippen LogP contribution in [0.2, 0.25) is 0 Å². The molecule has 0 fully saturated rings. The molecule has 15 rings (SSSR count). The SMILES string of the molecule is C.C.C.C.CCCCNC.CO.Cc1ccc2ccc(C(=O)O)cc2c1.Cc1ccc2ccc(C(=O)OCc3ccccc3)cc2c1.O=C(Cl)C(=O)Cl.O=C(Cl)c1ccc2ccc(Br)cc2c1.O=C(O)c1ccc2ccc(Br)cc2c1.O=C(OCc1ccccc1)c1ccc2ccc(Br)cc2c1.O=C(OCc1ccccc1)c1ccc2ccc(I)cc2c1. The van der Waals surface area contributed by atoms with Gasteiger partial charge in [0, 0.05) is 29.7 Å². The van der Waals surface area contributed by atoms with Crippen molar-refractivity contribution >= 4 is 215 Å². The minimum atomic E-state index is -1.14. The van der Waals surface area contributed by atoms with E-state index in [2.05, 4.69) is 142 Å². The van der Waals surface area contributed by atoms with Crippen LogP contribution in [0.15, 0.2) is 323 Å². The number of aromatic carboxylic acids is 2. The number of hydrogen-bond donors (Lipinski definition) is 4. The summed E-state index contributed by atoms with van der Waals surface area (Å²) in [6, 6.07) is 97.6. The predicted molar refractivity (Wildman–Crippen MR) is 525 cm³/mol. The van der Waals surface area contributed by atoms with Crippen LogP contribution in [0.25, 0.3) is 64.6 Å². The van der Waals surface area contributed by atoms with Crippen molar-refractivity contribution in [3.63, 3.8) is 0 Å². The summed E-state index contributed by atoms with van der Waals surface area (Å²) in [4.78, 5) is 87.6. The van der Waals surface area contributed by atoms with Gasteiger partial charge in [0.05, 0.1) is 27.8 Å². The van der Waals surface area contributed by atoms with Crippen LogP contribution in [0, 0.1) is 17.4 Å². The second kappa shape index (κ2) is 56.0. The fraction of sp³-hybridized carbons (Fsp3) is 0.149. The van der Waals surface area contributed by atoms with E-state index in [0.717, 1.165) is 118 Å². The van der Waals surface area contributed by atoms with Crippen molar-refractivity contribution in [1.29, 1.82) is 0 Å². The van der Waals surface area contributed by atoms with E-state index >= 15 is 0 Å². The number of carboxylic acid groups (broad SMARTS) is 2. The van der Waals surface area contributed by atoms with E-state index in [1.165, 1.54) is 18.4 Å². The standard InChI is InChI=1S/C19H16O2.C18H13BrO2.C18H13IO2.C12H10O2.C11H6BrClO.C11H7BrO2.C5H13N.C2Cl2O2.CH4O.4CH4/c1-14-7-8-16-9-10-17(12-18(16)11-14)19(20)21-13-15-5-3-2-4-6-15;2*19-17-9-8-14-6-7-15(10-16(14)11-17)18(20)21-12-13-4-2-1-3-5-13;1-8-2-3-9-4-5-10(12(13)14)7-11(9)6-8;2*12-10-4-3-7-1-2-8(11(13)14)5-9(7)6-10;1-3-4-5-6-2;3-1(5)2(4)6;1-2;;;;/h2-12H,13H2,1H3;2*1-11H,12H2;2-7H,1H3,(H,13,14);1-6H;1-6H,(H,13,14);6H,3-5H2,1-2H3;;2H,1H3;4*1H4. The third-order valence-corrected chi connectivity index (χ3v) is 20.0. The number of rotatable bonds is 16. The zero-order valence-corrected chi connectivity index (χ0v) is 74.3. The lowest BCUT2D eigenvalue weighted by atomic mass is 10.0. The first-order valence-electron chi connectivity index (χ1n) is 36.8. The molecule has 22 heteroatoms. The summed E-state index contributed by atoms with van der Waals surface area (Å²) in [7, 11) is 2.98. The normalized spacial score (nSPS) is 9.80. The molecule has 0 spiro atoms. The highest BCUT2D eigenvalue weighted by molar-refractivity contribution is 14.1. The number of carbonyl (C=O) groups excluding carboxylic acids is 6. The molecule has 0 heterocycles. The monoisotopic (exact) mass is 2020 g/mol. The highest BCUT2D eigenvalue weighted by Crippen LogP contribution is 2.27. The molecule has 15 nitrogen and oxygen atoms in total. The molecule has 0 unspecified atom stereocenters. The highest BCUT2D eigenvalue weighted by Gasteiger charge is 2.14. The Morgan fingerprint density at radius 1 is 0.333 bits per heavy atom.